The van der Waals surface area contributed by atoms with E-state index < -0.39 is 10.4 Å². The Labute approximate surface area is 99.4 Å². The molecule has 0 fully saturated rings. The number of fused-ring (bicyclic) bond motifs is 1. The average molecular weight is 257 g/mol. The predicted molar refractivity (Wildman–Crippen MR) is 60.6 cm³/mol. The monoisotopic (exact) mass is 257 g/mol. The van der Waals surface area contributed by atoms with Gasteiger partial charge >= 0.3 is 10.4 Å². The van der Waals surface area contributed by atoms with Gasteiger partial charge in [-0.3, -0.25) is 4.79 Å². The standard InChI is InChI=1S/C11H12FNO3S/c1-8(14)9-2-3-11-7-13(17(12,15)16)5-4-10(11)6-9/h2-3,6H,4-5,7H2,1H3. The molecule has 1 heterocycles. The number of hydrogen-bond donors (Lipinski definition) is 0. The minimum absolute atomic E-state index is 0.0339. The Balaban J connectivity index is 2.32. The summed E-state index contributed by atoms with van der Waals surface area (Å²) in [5.41, 5.74) is 2.26. The number of Topliss-reactive ketones (excluding diaryl/α,β-unsaturated/α-hetero) is 1. The Morgan fingerprint density at radius 2 is 2.06 bits per heavy atom. The van der Waals surface area contributed by atoms with Crippen molar-refractivity contribution < 1.29 is 17.1 Å². The lowest BCUT2D eigenvalue weighted by molar-refractivity contribution is 0.101. The third-order valence-corrected chi connectivity index (χ3v) is 3.83. The number of ketones is 1. The van der Waals surface area contributed by atoms with Crippen molar-refractivity contribution in [3.8, 4) is 0 Å². The maximum absolute atomic E-state index is 12.8. The lowest BCUT2D eigenvalue weighted by Crippen LogP contribution is -2.33. The molecular formula is C11H12FNO3S. The van der Waals surface area contributed by atoms with Crippen LogP contribution in [0.1, 0.15) is 28.4 Å². The highest BCUT2D eigenvalue weighted by atomic mass is 32.3. The van der Waals surface area contributed by atoms with E-state index in [1.54, 1.807) is 18.2 Å². The highest BCUT2D eigenvalue weighted by molar-refractivity contribution is 7.83. The molecule has 1 aromatic carbocycles. The maximum atomic E-state index is 12.8. The summed E-state index contributed by atoms with van der Waals surface area (Å²) in [6.07, 6.45) is 0.430. The summed E-state index contributed by atoms with van der Waals surface area (Å²) in [5, 5.41) is 0. The number of nitrogens with zero attached hydrogens (tertiary/aromatic N) is 1. The molecule has 0 saturated heterocycles. The molecule has 0 unspecified atom stereocenters. The number of hydrogen-bond acceptors (Lipinski definition) is 3. The normalized spacial score (nSPS) is 16.6. The Hall–Kier alpha value is -1.27. The van der Waals surface area contributed by atoms with Crippen molar-refractivity contribution in [1.82, 2.24) is 4.31 Å². The van der Waals surface area contributed by atoms with Gasteiger partial charge in [-0.2, -0.15) is 12.7 Å². The second kappa shape index (κ2) is 4.19. The molecule has 4 nitrogen and oxygen atoms in total. The van der Waals surface area contributed by atoms with E-state index in [0.29, 0.717) is 12.0 Å². The fraction of sp³-hybridized carbons (Fsp3) is 0.364. The summed E-state index contributed by atoms with van der Waals surface area (Å²) in [5.74, 6) is -0.0339. The minimum atomic E-state index is -4.63. The number of carbonyl (C=O) groups is 1. The van der Waals surface area contributed by atoms with Crippen molar-refractivity contribution in [1.29, 1.82) is 0 Å². The molecule has 0 N–H and O–H groups in total. The Morgan fingerprint density at radius 1 is 1.35 bits per heavy atom. The zero-order chi connectivity index (χ0) is 12.6. The van der Waals surface area contributed by atoms with Gasteiger partial charge in [0.1, 0.15) is 0 Å². The summed E-state index contributed by atoms with van der Waals surface area (Å²) in [7, 11) is -4.63. The van der Waals surface area contributed by atoms with Crippen LogP contribution >= 0.6 is 0 Å². The predicted octanol–water partition coefficient (Wildman–Crippen LogP) is 1.46. The highest BCUT2D eigenvalue weighted by Gasteiger charge is 2.26. The lowest BCUT2D eigenvalue weighted by Gasteiger charge is -2.25. The fourth-order valence-corrected chi connectivity index (χ4v) is 2.53. The molecule has 0 bridgehead atoms. The van der Waals surface area contributed by atoms with E-state index in [0.717, 1.165) is 15.4 Å². The van der Waals surface area contributed by atoms with Crippen LogP contribution in [0.3, 0.4) is 0 Å². The van der Waals surface area contributed by atoms with Crippen LogP contribution in [-0.4, -0.2) is 25.1 Å². The smallest absolute Gasteiger partial charge is 0.295 e. The summed E-state index contributed by atoms with van der Waals surface area (Å²) >= 11 is 0. The van der Waals surface area contributed by atoms with Crippen LogP contribution in [0.2, 0.25) is 0 Å². The molecular weight excluding hydrogens is 245 g/mol. The van der Waals surface area contributed by atoms with Crippen LogP contribution in [0.25, 0.3) is 0 Å². The molecule has 0 atom stereocenters. The molecule has 1 aromatic rings. The highest BCUT2D eigenvalue weighted by Crippen LogP contribution is 2.23. The van der Waals surface area contributed by atoms with E-state index in [4.69, 9.17) is 0 Å². The minimum Gasteiger partial charge on any atom is -0.295 e. The van der Waals surface area contributed by atoms with Gasteiger partial charge in [-0.15, -0.1) is 0 Å². The maximum Gasteiger partial charge on any atom is 0.375 e. The first-order valence-electron chi connectivity index (χ1n) is 5.20. The molecule has 0 spiro atoms. The quantitative estimate of drug-likeness (QED) is 0.595. The topological polar surface area (TPSA) is 54.5 Å². The van der Waals surface area contributed by atoms with Gasteiger partial charge in [0.05, 0.1) is 0 Å². The second-order valence-corrected chi connectivity index (χ2v) is 5.41. The summed E-state index contributed by atoms with van der Waals surface area (Å²) in [4.78, 5) is 11.2. The fourth-order valence-electron chi connectivity index (χ4n) is 1.93. The van der Waals surface area contributed by atoms with E-state index in [1.165, 1.54) is 6.92 Å². The van der Waals surface area contributed by atoms with Gasteiger partial charge in [0.2, 0.25) is 0 Å². The zero-order valence-corrected chi connectivity index (χ0v) is 10.1. The van der Waals surface area contributed by atoms with Gasteiger partial charge < -0.3 is 0 Å². The van der Waals surface area contributed by atoms with Crippen LogP contribution in [0.15, 0.2) is 18.2 Å². The first kappa shape index (κ1) is 12.2. The Morgan fingerprint density at radius 3 is 2.65 bits per heavy atom. The van der Waals surface area contributed by atoms with Crippen molar-refractivity contribution in [2.75, 3.05) is 6.54 Å². The van der Waals surface area contributed by atoms with Crippen LogP contribution in [0, 0.1) is 0 Å². The number of benzene rings is 1. The van der Waals surface area contributed by atoms with Crippen molar-refractivity contribution in [3.63, 3.8) is 0 Å². The molecule has 17 heavy (non-hydrogen) atoms. The van der Waals surface area contributed by atoms with Gasteiger partial charge in [-0.25, -0.2) is 0 Å². The molecule has 6 heteroatoms. The van der Waals surface area contributed by atoms with E-state index >= 15 is 0 Å². The number of carbonyl (C=O) groups excluding carboxylic acids is 1. The van der Waals surface area contributed by atoms with Crippen molar-refractivity contribution in [2.24, 2.45) is 0 Å². The summed E-state index contributed by atoms with van der Waals surface area (Å²) in [6.45, 7) is 1.63. The van der Waals surface area contributed by atoms with Crippen LogP contribution < -0.4 is 0 Å². The third kappa shape index (κ3) is 2.53. The first-order valence-corrected chi connectivity index (χ1v) is 6.54. The van der Waals surface area contributed by atoms with Gasteiger partial charge in [-0.1, -0.05) is 16.0 Å². The molecule has 1 aliphatic heterocycles. The lowest BCUT2D eigenvalue weighted by atomic mass is 9.97. The Kier molecular flexibility index (Phi) is 3.01. The van der Waals surface area contributed by atoms with Crippen LogP contribution in [0.4, 0.5) is 3.89 Å². The molecule has 0 saturated carbocycles. The van der Waals surface area contributed by atoms with Crippen molar-refractivity contribution >= 4 is 16.2 Å². The van der Waals surface area contributed by atoms with Crippen molar-refractivity contribution in [3.05, 3.63) is 34.9 Å². The number of halogens is 1. The van der Waals surface area contributed by atoms with E-state index in [1.807, 2.05) is 0 Å². The largest absolute Gasteiger partial charge is 0.375 e. The third-order valence-electron chi connectivity index (χ3n) is 2.90. The average Bonchev–Trinajstić information content (AvgIpc) is 2.26. The van der Waals surface area contributed by atoms with Crippen LogP contribution in [-0.2, 0) is 23.4 Å². The van der Waals surface area contributed by atoms with E-state index in [9.17, 15) is 17.1 Å². The molecule has 0 aromatic heterocycles. The molecule has 2 rings (SSSR count). The number of rotatable bonds is 2. The van der Waals surface area contributed by atoms with Gasteiger partial charge in [0.25, 0.3) is 0 Å². The molecule has 1 aliphatic rings. The molecule has 0 amide bonds. The summed E-state index contributed by atoms with van der Waals surface area (Å²) in [6, 6.07) is 5.07. The Bertz CT molecular complexity index is 568. The van der Waals surface area contributed by atoms with Gasteiger partial charge in [-0.05, 0) is 30.5 Å². The summed E-state index contributed by atoms with van der Waals surface area (Å²) < 4.78 is 35.2. The SMILES string of the molecule is CC(=O)c1ccc2c(c1)CCN(S(=O)(=O)F)C2. The van der Waals surface area contributed by atoms with Crippen molar-refractivity contribution in [2.45, 2.75) is 19.9 Å². The van der Waals surface area contributed by atoms with E-state index in [-0.39, 0.29) is 18.9 Å². The molecule has 0 aliphatic carbocycles. The van der Waals surface area contributed by atoms with Gasteiger partial charge in [0, 0.05) is 18.7 Å². The molecule has 0 radical (unpaired) electrons. The molecule has 92 valence electrons. The van der Waals surface area contributed by atoms with E-state index in [2.05, 4.69) is 0 Å². The van der Waals surface area contributed by atoms with Crippen LogP contribution in [0.5, 0.6) is 0 Å². The zero-order valence-electron chi connectivity index (χ0n) is 9.31. The first-order chi connectivity index (χ1) is 7.88. The van der Waals surface area contributed by atoms with Gasteiger partial charge in [0.15, 0.2) is 5.78 Å². The second-order valence-electron chi connectivity index (χ2n) is 4.07.